The number of hydrogen-bond donors (Lipinski definition) is 1. The molecule has 4 saturated carbocycles. The molecule has 0 spiro atoms. The van der Waals surface area contributed by atoms with Crippen LogP contribution in [0.25, 0.3) is 0 Å². The second-order valence-corrected chi connectivity index (χ2v) is 11.7. The summed E-state index contributed by atoms with van der Waals surface area (Å²) in [7, 11) is 0. The van der Waals surface area contributed by atoms with Crippen LogP contribution >= 0.6 is 0 Å². The van der Waals surface area contributed by atoms with Gasteiger partial charge in [-0.1, -0.05) is 20.3 Å². The first-order chi connectivity index (χ1) is 14.8. The number of rotatable bonds is 3. The van der Waals surface area contributed by atoms with Gasteiger partial charge in [0.25, 0.3) is 0 Å². The Kier molecular flexibility index (Phi) is 5.09. The predicted molar refractivity (Wildman–Crippen MR) is 120 cm³/mol. The first kappa shape index (κ1) is 21.2. The van der Waals surface area contributed by atoms with Gasteiger partial charge in [0, 0.05) is 17.7 Å². The molecular weight excluding hydrogens is 384 g/mol. The molecule has 1 aromatic heterocycles. The Morgan fingerprint density at radius 1 is 1.26 bits per heavy atom. The molecule has 168 valence electrons. The van der Waals surface area contributed by atoms with Crippen LogP contribution in [0, 0.1) is 52.3 Å². The summed E-state index contributed by atoms with van der Waals surface area (Å²) >= 11 is 0. The van der Waals surface area contributed by atoms with Crippen LogP contribution < -0.4 is 5.73 Å². The molecule has 0 radical (unpaired) electrons. The smallest absolute Gasteiger partial charge is 0.160 e. The highest BCUT2D eigenvalue weighted by atomic mass is 16.1. The molecule has 1 aromatic rings. The van der Waals surface area contributed by atoms with E-state index < -0.39 is 0 Å². The van der Waals surface area contributed by atoms with Gasteiger partial charge in [0.2, 0.25) is 0 Å². The largest absolute Gasteiger partial charge is 0.325 e. The minimum Gasteiger partial charge on any atom is -0.325 e. The summed E-state index contributed by atoms with van der Waals surface area (Å²) in [5.41, 5.74) is 7.80. The summed E-state index contributed by atoms with van der Waals surface area (Å²) in [5, 5.41) is 13.4. The summed E-state index contributed by atoms with van der Waals surface area (Å²) in [6.07, 6.45) is 14.2. The van der Waals surface area contributed by atoms with Crippen LogP contribution in [0.15, 0.2) is 12.4 Å². The van der Waals surface area contributed by atoms with Crippen LogP contribution in [0.1, 0.15) is 90.2 Å². The average molecular weight is 423 g/mol. The molecule has 5 heteroatoms. The average Bonchev–Trinajstić information content (AvgIpc) is 3.37. The summed E-state index contributed by atoms with van der Waals surface area (Å²) < 4.78 is 1.68. The fourth-order valence-corrected chi connectivity index (χ4v) is 8.75. The number of Topliss-reactive ketones (excluding diaryl/α,β-unsaturated/α-hetero) is 1. The van der Waals surface area contributed by atoms with E-state index in [-0.39, 0.29) is 28.7 Å². The minimum absolute atomic E-state index is 0.00337. The Morgan fingerprint density at radius 3 is 2.81 bits per heavy atom. The highest BCUT2D eigenvalue weighted by Gasteiger charge is 2.63. The number of nitrogens with zero attached hydrogens (tertiary/aromatic N) is 3. The number of fused-ring (bicyclic) bond motifs is 5. The molecule has 31 heavy (non-hydrogen) atoms. The van der Waals surface area contributed by atoms with Gasteiger partial charge in [0.05, 0.1) is 11.8 Å². The van der Waals surface area contributed by atoms with Crippen molar-refractivity contribution in [2.75, 3.05) is 0 Å². The summed E-state index contributed by atoms with van der Waals surface area (Å²) in [5.74, 6) is 3.98. The van der Waals surface area contributed by atoms with Gasteiger partial charge in [-0.25, -0.2) is 0 Å². The van der Waals surface area contributed by atoms with Crippen molar-refractivity contribution in [1.29, 1.82) is 5.26 Å². The Balaban J connectivity index is 1.38. The lowest BCUT2D eigenvalue weighted by Gasteiger charge is -2.61. The quantitative estimate of drug-likeness (QED) is 0.753. The third-order valence-electron chi connectivity index (χ3n) is 10.3. The molecule has 4 aliphatic carbocycles. The molecule has 0 amide bonds. The lowest BCUT2D eigenvalue weighted by molar-refractivity contribution is -0.135. The van der Waals surface area contributed by atoms with Crippen molar-refractivity contribution in [1.82, 2.24) is 9.78 Å². The van der Waals surface area contributed by atoms with Gasteiger partial charge in [-0.3, -0.25) is 9.48 Å². The van der Waals surface area contributed by atoms with Crippen LogP contribution in [0.5, 0.6) is 0 Å². The Labute approximate surface area is 186 Å². The molecule has 5 rings (SSSR count). The molecule has 3 unspecified atom stereocenters. The first-order valence-electron chi connectivity index (χ1n) is 12.5. The monoisotopic (exact) mass is 422 g/mol. The van der Waals surface area contributed by atoms with Crippen LogP contribution in [0.3, 0.4) is 0 Å². The van der Waals surface area contributed by atoms with E-state index in [0.29, 0.717) is 17.4 Å². The topological polar surface area (TPSA) is 84.7 Å². The molecule has 2 N–H and O–H groups in total. The standard InChI is InChI=1S/C26H38N4O/c1-16-4-5-20-19(12-16)8-11-26(28)21(20)9-10-25(3)22(6-7-23(25)26)24(31)17(2)30-15-18(13-27)14-29-30/h14-17,19-23H,4-12,28H2,1-3H3/t16-,17+,19?,20-,21?,22+,23?,25+,26-/m0/s1. The van der Waals surface area contributed by atoms with Gasteiger partial charge >= 0.3 is 0 Å². The molecule has 0 saturated heterocycles. The SMILES string of the molecule is C[C@H]1CC[C@H]2C(CC[C@]3(N)C2CC[C@@]2(C)C3CC[C@@H]2C(=O)[C@@H](C)n2cc(C#N)cn2)C1. The molecule has 4 aliphatic rings. The van der Waals surface area contributed by atoms with E-state index in [1.807, 2.05) is 6.92 Å². The van der Waals surface area contributed by atoms with Gasteiger partial charge in [-0.2, -0.15) is 10.4 Å². The van der Waals surface area contributed by atoms with E-state index >= 15 is 0 Å². The fourth-order valence-electron chi connectivity index (χ4n) is 8.75. The van der Waals surface area contributed by atoms with E-state index in [2.05, 4.69) is 25.0 Å². The van der Waals surface area contributed by atoms with E-state index in [1.165, 1.54) is 32.1 Å². The molecule has 4 fully saturated rings. The zero-order valence-electron chi connectivity index (χ0n) is 19.4. The highest BCUT2D eigenvalue weighted by Crippen LogP contribution is 2.65. The van der Waals surface area contributed by atoms with E-state index in [1.54, 1.807) is 17.1 Å². The van der Waals surface area contributed by atoms with E-state index in [4.69, 9.17) is 11.0 Å². The molecule has 0 aromatic carbocycles. The van der Waals surface area contributed by atoms with Crippen molar-refractivity contribution < 1.29 is 4.79 Å². The second kappa shape index (κ2) is 7.44. The number of carbonyl (C=O) groups is 1. The number of hydrogen-bond acceptors (Lipinski definition) is 4. The number of nitrogens with two attached hydrogens (primary N) is 1. The predicted octanol–water partition coefficient (Wildman–Crippen LogP) is 4.87. The molecule has 1 heterocycles. The zero-order valence-corrected chi connectivity index (χ0v) is 19.4. The fraction of sp³-hybridized carbons (Fsp3) is 0.808. The minimum atomic E-state index is -0.329. The number of aromatic nitrogens is 2. The lowest BCUT2D eigenvalue weighted by atomic mass is 9.46. The lowest BCUT2D eigenvalue weighted by Crippen LogP contribution is -2.65. The van der Waals surface area contributed by atoms with Crippen LogP contribution in [0.4, 0.5) is 0 Å². The van der Waals surface area contributed by atoms with Gasteiger partial charge in [-0.15, -0.1) is 0 Å². The van der Waals surface area contributed by atoms with Gasteiger partial charge < -0.3 is 5.73 Å². The van der Waals surface area contributed by atoms with Crippen LogP contribution in [0.2, 0.25) is 0 Å². The third kappa shape index (κ3) is 3.12. The van der Waals surface area contributed by atoms with Gasteiger partial charge in [-0.05, 0) is 93.3 Å². The molecule has 0 bridgehead atoms. The molecular formula is C26H38N4O. The van der Waals surface area contributed by atoms with Crippen molar-refractivity contribution in [2.45, 2.75) is 90.1 Å². The number of ketones is 1. The molecule has 9 atom stereocenters. The van der Waals surface area contributed by atoms with Crippen molar-refractivity contribution >= 4 is 5.78 Å². The van der Waals surface area contributed by atoms with E-state index in [9.17, 15) is 4.79 Å². The van der Waals surface area contributed by atoms with Crippen molar-refractivity contribution in [2.24, 2.45) is 46.7 Å². The second-order valence-electron chi connectivity index (χ2n) is 11.7. The van der Waals surface area contributed by atoms with Crippen LogP contribution in [-0.2, 0) is 4.79 Å². The molecule has 5 nitrogen and oxygen atoms in total. The summed E-state index contributed by atoms with van der Waals surface area (Å²) in [4.78, 5) is 13.6. The molecule has 0 aliphatic heterocycles. The zero-order chi connectivity index (χ0) is 22.0. The highest BCUT2D eigenvalue weighted by molar-refractivity contribution is 5.85. The Morgan fingerprint density at radius 2 is 2.06 bits per heavy atom. The van der Waals surface area contributed by atoms with Crippen molar-refractivity contribution in [3.63, 3.8) is 0 Å². The van der Waals surface area contributed by atoms with Gasteiger partial charge in [0.15, 0.2) is 5.78 Å². The van der Waals surface area contributed by atoms with Gasteiger partial charge in [0.1, 0.15) is 12.1 Å². The normalized spacial score (nSPS) is 45.1. The van der Waals surface area contributed by atoms with Crippen molar-refractivity contribution in [3.05, 3.63) is 18.0 Å². The van der Waals surface area contributed by atoms with E-state index in [0.717, 1.165) is 43.4 Å². The maximum absolute atomic E-state index is 13.6. The maximum Gasteiger partial charge on any atom is 0.160 e. The Hall–Kier alpha value is -1.67. The maximum atomic E-state index is 13.6. The summed E-state index contributed by atoms with van der Waals surface area (Å²) in [6, 6.07) is 1.78. The number of carbonyl (C=O) groups excluding carboxylic acids is 1. The number of nitriles is 1. The van der Waals surface area contributed by atoms with Crippen molar-refractivity contribution in [3.8, 4) is 6.07 Å². The van der Waals surface area contributed by atoms with Crippen LogP contribution in [-0.4, -0.2) is 21.1 Å². The Bertz CT molecular complexity index is 901. The third-order valence-corrected chi connectivity index (χ3v) is 10.3. The first-order valence-corrected chi connectivity index (χ1v) is 12.5. The summed E-state index contributed by atoms with van der Waals surface area (Å²) in [6.45, 7) is 6.72.